The fourth-order valence-corrected chi connectivity index (χ4v) is 3.37. The van der Waals surface area contributed by atoms with E-state index in [1.165, 1.54) is 12.7 Å². The zero-order chi connectivity index (χ0) is 15.1. The third-order valence-electron chi connectivity index (χ3n) is 3.65. The molecule has 2 rings (SSSR count). The highest BCUT2D eigenvalue weighted by Gasteiger charge is 2.28. The Balaban J connectivity index is 1.76. The highest BCUT2D eigenvalue weighted by atomic mass is 32.2. The quantitative estimate of drug-likeness (QED) is 0.783. The van der Waals surface area contributed by atoms with Crippen LogP contribution in [0.25, 0.3) is 0 Å². The number of thioether (sulfide) groups is 1. The van der Waals surface area contributed by atoms with E-state index < -0.39 is 0 Å². The molecular weight excluding hydrogens is 286 g/mol. The maximum absolute atomic E-state index is 12.2. The molecule has 4 nitrogen and oxygen atoms in total. The first-order chi connectivity index (χ1) is 10.2. The minimum absolute atomic E-state index is 0.115. The molecule has 0 aliphatic carbocycles. The molecule has 1 heterocycles. The van der Waals surface area contributed by atoms with Gasteiger partial charge in [0.15, 0.2) is 0 Å². The van der Waals surface area contributed by atoms with Crippen LogP contribution in [-0.4, -0.2) is 42.7 Å². The number of carbonyl (C=O) groups is 2. The maximum Gasteiger partial charge on any atom is 0.310 e. The number of rotatable bonds is 5. The molecule has 1 saturated heterocycles. The van der Waals surface area contributed by atoms with Crippen LogP contribution in [-0.2, 0) is 20.1 Å². The van der Waals surface area contributed by atoms with Crippen LogP contribution >= 0.6 is 11.8 Å². The van der Waals surface area contributed by atoms with Crippen LogP contribution in [0, 0.1) is 5.92 Å². The van der Waals surface area contributed by atoms with E-state index in [-0.39, 0.29) is 17.8 Å². The Bertz CT molecular complexity index is 478. The summed E-state index contributed by atoms with van der Waals surface area (Å²) in [5, 5.41) is 0. The topological polar surface area (TPSA) is 46.6 Å². The fraction of sp³-hybridized carbons (Fsp3) is 0.500. The smallest absolute Gasteiger partial charge is 0.310 e. The van der Waals surface area contributed by atoms with Crippen molar-refractivity contribution < 1.29 is 14.3 Å². The van der Waals surface area contributed by atoms with E-state index in [0.717, 1.165) is 25.1 Å². The first-order valence-corrected chi connectivity index (χ1v) is 8.33. The van der Waals surface area contributed by atoms with Crippen molar-refractivity contribution in [3.05, 3.63) is 35.9 Å². The number of amides is 1. The number of piperidine rings is 1. The zero-order valence-corrected chi connectivity index (χ0v) is 13.1. The monoisotopic (exact) mass is 307 g/mol. The van der Waals surface area contributed by atoms with Gasteiger partial charge in [0.25, 0.3) is 0 Å². The van der Waals surface area contributed by atoms with E-state index in [4.69, 9.17) is 4.74 Å². The van der Waals surface area contributed by atoms with Gasteiger partial charge in [-0.05, 0) is 18.4 Å². The van der Waals surface area contributed by atoms with Crippen molar-refractivity contribution in [3.8, 4) is 0 Å². The van der Waals surface area contributed by atoms with Crippen LogP contribution in [0.5, 0.6) is 0 Å². The summed E-state index contributed by atoms with van der Waals surface area (Å²) in [5.41, 5.74) is 1.22. The third kappa shape index (κ3) is 4.77. The summed E-state index contributed by atoms with van der Waals surface area (Å²) in [7, 11) is 1.40. The van der Waals surface area contributed by atoms with Gasteiger partial charge in [0, 0.05) is 18.8 Å². The molecule has 1 aromatic rings. The summed E-state index contributed by atoms with van der Waals surface area (Å²) in [6.07, 6.45) is 1.68. The van der Waals surface area contributed by atoms with Crippen molar-refractivity contribution in [1.82, 2.24) is 4.90 Å². The molecule has 1 aromatic carbocycles. The molecular formula is C16H21NO3S. The zero-order valence-electron chi connectivity index (χ0n) is 12.3. The molecule has 0 saturated carbocycles. The molecule has 0 N–H and O–H groups in total. The van der Waals surface area contributed by atoms with E-state index in [0.29, 0.717) is 12.3 Å². The lowest BCUT2D eigenvalue weighted by Crippen LogP contribution is -2.43. The van der Waals surface area contributed by atoms with Crippen LogP contribution in [0.2, 0.25) is 0 Å². The molecule has 0 spiro atoms. The van der Waals surface area contributed by atoms with E-state index in [2.05, 4.69) is 12.1 Å². The molecule has 0 aromatic heterocycles. The molecule has 0 radical (unpaired) electrons. The lowest BCUT2D eigenvalue weighted by Gasteiger charge is -2.31. The normalized spacial score (nSPS) is 18.3. The predicted molar refractivity (Wildman–Crippen MR) is 83.9 cm³/mol. The van der Waals surface area contributed by atoms with Gasteiger partial charge in [-0.3, -0.25) is 9.59 Å². The standard InChI is InChI=1S/C16H21NO3S/c1-20-16(19)14-8-5-9-17(10-14)15(18)12-21-11-13-6-3-2-4-7-13/h2-4,6-7,14H,5,8-12H2,1H3. The maximum atomic E-state index is 12.2. The molecule has 1 unspecified atom stereocenters. The SMILES string of the molecule is COC(=O)C1CCCN(C(=O)CSCc2ccccc2)C1. The number of methoxy groups -OCH3 is 1. The first kappa shape index (κ1) is 15.9. The van der Waals surface area contributed by atoms with E-state index in [9.17, 15) is 9.59 Å². The predicted octanol–water partition coefficient (Wildman–Crippen LogP) is 2.33. The van der Waals surface area contributed by atoms with Crippen LogP contribution in [0.3, 0.4) is 0 Å². The first-order valence-electron chi connectivity index (χ1n) is 7.18. The summed E-state index contributed by atoms with van der Waals surface area (Å²) >= 11 is 1.62. The summed E-state index contributed by atoms with van der Waals surface area (Å²) in [6, 6.07) is 10.1. The highest BCUT2D eigenvalue weighted by Crippen LogP contribution is 2.19. The number of carbonyl (C=O) groups excluding carboxylic acids is 2. The Morgan fingerprint density at radius 1 is 1.33 bits per heavy atom. The lowest BCUT2D eigenvalue weighted by atomic mass is 9.98. The van der Waals surface area contributed by atoms with Crippen LogP contribution in [0.4, 0.5) is 0 Å². The highest BCUT2D eigenvalue weighted by molar-refractivity contribution is 7.99. The van der Waals surface area contributed by atoms with Crippen LogP contribution in [0.15, 0.2) is 30.3 Å². The van der Waals surface area contributed by atoms with Gasteiger partial charge in [0.1, 0.15) is 0 Å². The second-order valence-corrected chi connectivity index (χ2v) is 6.17. The van der Waals surface area contributed by atoms with Crippen molar-refractivity contribution in [2.45, 2.75) is 18.6 Å². The number of benzene rings is 1. The van der Waals surface area contributed by atoms with Crippen molar-refractivity contribution >= 4 is 23.6 Å². The van der Waals surface area contributed by atoms with Crippen molar-refractivity contribution in [1.29, 1.82) is 0 Å². The molecule has 0 bridgehead atoms. The summed E-state index contributed by atoms with van der Waals surface area (Å²) in [5.74, 6) is 1.05. The summed E-state index contributed by atoms with van der Waals surface area (Å²) in [4.78, 5) is 25.6. The largest absolute Gasteiger partial charge is 0.469 e. The van der Waals surface area contributed by atoms with Gasteiger partial charge in [0.2, 0.25) is 5.91 Å². The minimum Gasteiger partial charge on any atom is -0.469 e. The average molecular weight is 307 g/mol. The molecule has 1 fully saturated rings. The molecule has 1 atom stereocenters. The van der Waals surface area contributed by atoms with Gasteiger partial charge in [-0.2, -0.15) is 0 Å². The summed E-state index contributed by atoms with van der Waals surface area (Å²) < 4.78 is 4.77. The molecule has 5 heteroatoms. The van der Waals surface area contributed by atoms with Gasteiger partial charge in [-0.25, -0.2) is 0 Å². The number of likely N-dealkylation sites (tertiary alicyclic amines) is 1. The number of ether oxygens (including phenoxy) is 1. The second kappa shape index (κ2) is 8.08. The Morgan fingerprint density at radius 2 is 2.10 bits per heavy atom. The number of esters is 1. The van der Waals surface area contributed by atoms with E-state index in [1.54, 1.807) is 16.7 Å². The Labute approximate surface area is 129 Å². The molecule has 114 valence electrons. The number of hydrogen-bond acceptors (Lipinski definition) is 4. The fourth-order valence-electron chi connectivity index (χ4n) is 2.48. The number of nitrogens with zero attached hydrogens (tertiary/aromatic N) is 1. The van der Waals surface area contributed by atoms with Gasteiger partial charge in [-0.15, -0.1) is 11.8 Å². The van der Waals surface area contributed by atoms with E-state index in [1.807, 2.05) is 18.2 Å². The number of hydrogen-bond donors (Lipinski definition) is 0. The molecule has 1 aliphatic rings. The van der Waals surface area contributed by atoms with Crippen molar-refractivity contribution in [2.75, 3.05) is 26.0 Å². The van der Waals surface area contributed by atoms with Crippen LogP contribution in [0.1, 0.15) is 18.4 Å². The van der Waals surface area contributed by atoms with Gasteiger partial charge >= 0.3 is 5.97 Å². The van der Waals surface area contributed by atoms with Crippen molar-refractivity contribution in [2.24, 2.45) is 5.92 Å². The average Bonchev–Trinajstić information content (AvgIpc) is 2.55. The Hall–Kier alpha value is -1.49. The molecule has 1 aliphatic heterocycles. The summed E-state index contributed by atoms with van der Waals surface area (Å²) in [6.45, 7) is 1.25. The molecule has 1 amide bonds. The Morgan fingerprint density at radius 3 is 2.81 bits per heavy atom. The third-order valence-corrected chi connectivity index (χ3v) is 4.63. The lowest BCUT2D eigenvalue weighted by molar-refractivity contribution is -0.148. The second-order valence-electron chi connectivity index (χ2n) is 5.18. The minimum atomic E-state index is -0.204. The van der Waals surface area contributed by atoms with E-state index >= 15 is 0 Å². The van der Waals surface area contributed by atoms with Crippen molar-refractivity contribution in [3.63, 3.8) is 0 Å². The van der Waals surface area contributed by atoms with Crippen LogP contribution < -0.4 is 0 Å². The van der Waals surface area contributed by atoms with Gasteiger partial charge < -0.3 is 9.64 Å². The molecule has 21 heavy (non-hydrogen) atoms. The van der Waals surface area contributed by atoms with Gasteiger partial charge in [-0.1, -0.05) is 30.3 Å². The van der Waals surface area contributed by atoms with Gasteiger partial charge in [0.05, 0.1) is 18.8 Å². The Kier molecular flexibility index (Phi) is 6.11.